The topological polar surface area (TPSA) is 29.9 Å². The van der Waals surface area contributed by atoms with E-state index < -0.39 is 0 Å². The summed E-state index contributed by atoms with van der Waals surface area (Å²) in [6, 6.07) is 9.09. The molecule has 3 heteroatoms. The van der Waals surface area contributed by atoms with Crippen LogP contribution in [0, 0.1) is 18.8 Å². The molecule has 0 bridgehead atoms. The van der Waals surface area contributed by atoms with Gasteiger partial charge >= 0.3 is 0 Å². The quantitative estimate of drug-likeness (QED) is 0.927. The predicted octanol–water partition coefficient (Wildman–Crippen LogP) is 3.76. The molecule has 1 N–H and O–H groups in total. The smallest absolute Gasteiger partial charge is 0.106 e. The van der Waals surface area contributed by atoms with Crippen LogP contribution in [0.1, 0.15) is 38.9 Å². The molecule has 2 atom stereocenters. The minimum absolute atomic E-state index is 0.675. The molecule has 21 heavy (non-hydrogen) atoms. The van der Waals surface area contributed by atoms with Crippen LogP contribution >= 0.6 is 0 Å². The van der Waals surface area contributed by atoms with Crippen LogP contribution in [0.2, 0.25) is 0 Å². The van der Waals surface area contributed by atoms with Crippen LogP contribution in [-0.2, 0) is 6.54 Å². The molecule has 1 aromatic heterocycles. The number of hydrogen-bond acceptors (Lipinski definition) is 2. The molecular weight excluding hydrogens is 258 g/mol. The third-order valence-corrected chi connectivity index (χ3v) is 5.11. The van der Waals surface area contributed by atoms with Crippen molar-refractivity contribution in [1.82, 2.24) is 14.9 Å². The number of imidazole rings is 1. The maximum absolute atomic E-state index is 4.64. The van der Waals surface area contributed by atoms with E-state index >= 15 is 0 Å². The summed E-state index contributed by atoms with van der Waals surface area (Å²) in [5, 5.41) is 3.80. The first-order valence-corrected chi connectivity index (χ1v) is 8.32. The lowest BCUT2D eigenvalue weighted by Gasteiger charge is -2.35. The molecule has 3 rings (SSSR count). The van der Waals surface area contributed by atoms with E-state index in [2.05, 4.69) is 59.9 Å². The number of nitrogens with zero attached hydrogens (tertiary/aromatic N) is 2. The van der Waals surface area contributed by atoms with Gasteiger partial charge in [0.15, 0.2) is 0 Å². The molecule has 1 heterocycles. The first-order chi connectivity index (χ1) is 10.2. The Bertz CT molecular complexity index is 592. The summed E-state index contributed by atoms with van der Waals surface area (Å²) in [7, 11) is 0. The van der Waals surface area contributed by atoms with Crippen molar-refractivity contribution in [2.75, 3.05) is 6.54 Å². The van der Waals surface area contributed by atoms with Crippen molar-refractivity contribution in [3.05, 3.63) is 30.1 Å². The van der Waals surface area contributed by atoms with Crippen LogP contribution in [0.5, 0.6) is 0 Å². The van der Waals surface area contributed by atoms with E-state index in [-0.39, 0.29) is 0 Å². The van der Waals surface area contributed by atoms with E-state index in [1.165, 1.54) is 24.8 Å². The number of benzene rings is 1. The fourth-order valence-corrected chi connectivity index (χ4v) is 3.91. The Morgan fingerprint density at radius 3 is 2.67 bits per heavy atom. The molecule has 1 aromatic carbocycles. The van der Waals surface area contributed by atoms with Gasteiger partial charge in [-0.2, -0.15) is 0 Å². The van der Waals surface area contributed by atoms with E-state index in [0.717, 1.165) is 36.3 Å². The van der Waals surface area contributed by atoms with Crippen molar-refractivity contribution in [2.24, 2.45) is 11.8 Å². The lowest BCUT2D eigenvalue weighted by Crippen LogP contribution is -2.44. The van der Waals surface area contributed by atoms with Crippen molar-refractivity contribution in [2.45, 2.75) is 52.6 Å². The molecule has 0 radical (unpaired) electrons. The molecule has 0 spiro atoms. The fraction of sp³-hybridized carbons (Fsp3) is 0.611. The van der Waals surface area contributed by atoms with Gasteiger partial charge < -0.3 is 9.88 Å². The maximum Gasteiger partial charge on any atom is 0.106 e. The number of hydrogen-bond donors (Lipinski definition) is 1. The van der Waals surface area contributed by atoms with Crippen LogP contribution < -0.4 is 5.32 Å². The second-order valence-corrected chi connectivity index (χ2v) is 6.66. The Balaban J connectivity index is 1.65. The number of fused-ring (bicyclic) bond motifs is 1. The molecule has 1 aliphatic carbocycles. The second kappa shape index (κ2) is 6.18. The first-order valence-electron chi connectivity index (χ1n) is 8.32. The fourth-order valence-electron chi connectivity index (χ4n) is 3.91. The van der Waals surface area contributed by atoms with Gasteiger partial charge in [-0.3, -0.25) is 0 Å². The third-order valence-electron chi connectivity index (χ3n) is 5.11. The average molecular weight is 285 g/mol. The summed E-state index contributed by atoms with van der Waals surface area (Å²) in [4.78, 5) is 4.64. The standard InChI is InChI=1S/C18H27N3/c1-13-7-6-8-14(2)18(13)19-11-12-21-15(3)20-16-9-4-5-10-17(16)21/h4-5,9-10,13-14,18-19H,6-8,11-12H2,1-3H3. The summed E-state index contributed by atoms with van der Waals surface area (Å²) in [5.74, 6) is 2.71. The van der Waals surface area contributed by atoms with Crippen LogP contribution in [0.3, 0.4) is 0 Å². The molecule has 1 fully saturated rings. The summed E-state index contributed by atoms with van der Waals surface area (Å²) in [6.45, 7) is 8.92. The Morgan fingerprint density at radius 2 is 1.90 bits per heavy atom. The number of rotatable bonds is 4. The number of nitrogens with one attached hydrogen (secondary N) is 1. The van der Waals surface area contributed by atoms with Crippen LogP contribution in [0.25, 0.3) is 11.0 Å². The van der Waals surface area contributed by atoms with Gasteiger partial charge in [0.1, 0.15) is 5.82 Å². The highest BCUT2D eigenvalue weighted by Gasteiger charge is 2.26. The normalized spacial score (nSPS) is 26.3. The van der Waals surface area contributed by atoms with Gasteiger partial charge in [0.2, 0.25) is 0 Å². The second-order valence-electron chi connectivity index (χ2n) is 6.66. The SMILES string of the molecule is Cc1nc2ccccc2n1CCNC1C(C)CCCC1C. The molecule has 0 aliphatic heterocycles. The van der Waals surface area contributed by atoms with Crippen molar-refractivity contribution in [1.29, 1.82) is 0 Å². The van der Waals surface area contributed by atoms with Crippen molar-refractivity contribution in [3.63, 3.8) is 0 Å². The van der Waals surface area contributed by atoms with Gasteiger partial charge in [-0.25, -0.2) is 4.98 Å². The zero-order chi connectivity index (χ0) is 14.8. The van der Waals surface area contributed by atoms with Crippen molar-refractivity contribution in [3.8, 4) is 0 Å². The van der Waals surface area contributed by atoms with Crippen LogP contribution in [0.15, 0.2) is 24.3 Å². The molecular formula is C18H27N3. The van der Waals surface area contributed by atoms with E-state index in [9.17, 15) is 0 Å². The Labute approximate surface area is 127 Å². The van der Waals surface area contributed by atoms with Crippen LogP contribution in [0.4, 0.5) is 0 Å². The maximum atomic E-state index is 4.64. The van der Waals surface area contributed by atoms with Gasteiger partial charge in [-0.1, -0.05) is 32.4 Å². The highest BCUT2D eigenvalue weighted by molar-refractivity contribution is 5.75. The zero-order valence-corrected chi connectivity index (χ0v) is 13.5. The third kappa shape index (κ3) is 2.98. The Kier molecular flexibility index (Phi) is 4.29. The summed E-state index contributed by atoms with van der Waals surface area (Å²) >= 11 is 0. The minimum Gasteiger partial charge on any atom is -0.327 e. The predicted molar refractivity (Wildman–Crippen MR) is 88.4 cm³/mol. The van der Waals surface area contributed by atoms with Gasteiger partial charge in [0, 0.05) is 19.1 Å². The highest BCUT2D eigenvalue weighted by atomic mass is 15.1. The van der Waals surface area contributed by atoms with E-state index in [1.807, 2.05) is 0 Å². The summed E-state index contributed by atoms with van der Waals surface area (Å²) < 4.78 is 2.33. The first kappa shape index (κ1) is 14.6. The molecule has 1 saturated carbocycles. The van der Waals surface area contributed by atoms with Gasteiger partial charge in [-0.05, 0) is 43.7 Å². The van der Waals surface area contributed by atoms with E-state index in [1.54, 1.807) is 0 Å². The highest BCUT2D eigenvalue weighted by Crippen LogP contribution is 2.28. The largest absolute Gasteiger partial charge is 0.327 e. The van der Waals surface area contributed by atoms with Gasteiger partial charge in [0.25, 0.3) is 0 Å². The molecule has 0 saturated heterocycles. The average Bonchev–Trinajstić information content (AvgIpc) is 2.78. The van der Waals surface area contributed by atoms with Crippen molar-refractivity contribution < 1.29 is 0 Å². The van der Waals surface area contributed by atoms with Crippen LogP contribution in [-0.4, -0.2) is 22.1 Å². The monoisotopic (exact) mass is 285 g/mol. The molecule has 1 aliphatic rings. The molecule has 0 amide bonds. The molecule has 114 valence electrons. The molecule has 2 unspecified atom stereocenters. The van der Waals surface area contributed by atoms with Gasteiger partial charge in [0.05, 0.1) is 11.0 Å². The van der Waals surface area contributed by atoms with Gasteiger partial charge in [-0.15, -0.1) is 0 Å². The molecule has 2 aromatic rings. The van der Waals surface area contributed by atoms with E-state index in [4.69, 9.17) is 0 Å². The van der Waals surface area contributed by atoms with E-state index in [0.29, 0.717) is 6.04 Å². The number of para-hydroxylation sites is 2. The minimum atomic E-state index is 0.675. The lowest BCUT2D eigenvalue weighted by atomic mass is 9.79. The Morgan fingerprint density at radius 1 is 1.19 bits per heavy atom. The number of aryl methyl sites for hydroxylation is 1. The number of aromatic nitrogens is 2. The molecule has 3 nitrogen and oxygen atoms in total. The zero-order valence-electron chi connectivity index (χ0n) is 13.5. The summed E-state index contributed by atoms with van der Waals surface area (Å²) in [6.07, 6.45) is 4.13. The lowest BCUT2D eigenvalue weighted by molar-refractivity contribution is 0.208. The van der Waals surface area contributed by atoms with Crippen molar-refractivity contribution >= 4 is 11.0 Å². The Hall–Kier alpha value is -1.35. The summed E-state index contributed by atoms with van der Waals surface area (Å²) in [5.41, 5.74) is 2.36.